The molecule has 8 nitrogen and oxygen atoms in total. The first-order valence-electron chi connectivity index (χ1n) is 8.06. The van der Waals surface area contributed by atoms with Crippen LogP contribution in [-0.2, 0) is 24.4 Å². The van der Waals surface area contributed by atoms with Crippen LogP contribution < -0.4 is 4.74 Å². The highest BCUT2D eigenvalue weighted by atomic mass is 127. The monoisotopic (exact) mass is 799 g/mol. The topological polar surface area (TPSA) is 119 Å². The van der Waals surface area contributed by atoms with Crippen LogP contribution in [0.25, 0.3) is 0 Å². The van der Waals surface area contributed by atoms with Gasteiger partial charge < -0.3 is 18.8 Å². The molecule has 0 saturated carbocycles. The number of carbonyl (C=O) groups excluding carboxylic acids is 2. The summed E-state index contributed by atoms with van der Waals surface area (Å²) >= 11 is 7.50. The Morgan fingerprint density at radius 3 is 2.53 bits per heavy atom. The van der Waals surface area contributed by atoms with Gasteiger partial charge in [0.15, 0.2) is 10.1 Å². The number of esters is 2. The Balaban J connectivity index is 1.54. The molecule has 0 N–H and O–H groups in total. The minimum atomic E-state index is -6.20. The van der Waals surface area contributed by atoms with E-state index in [2.05, 4.69) is 49.9 Å². The summed E-state index contributed by atoms with van der Waals surface area (Å²) in [5.41, 5.74) is 0.307. The number of carbonyl (C=O) groups is 2. The number of ether oxygens (including phenoxy) is 3. The van der Waals surface area contributed by atoms with Gasteiger partial charge in [0.25, 0.3) is 5.79 Å². The lowest BCUT2D eigenvalue weighted by Gasteiger charge is -2.41. The van der Waals surface area contributed by atoms with Crippen LogP contribution in [0.3, 0.4) is 0 Å². The number of rotatable bonds is 3. The van der Waals surface area contributed by atoms with Gasteiger partial charge in [-0.3, -0.25) is 0 Å². The fraction of sp³-hybridized carbons (Fsp3) is 0.467. The number of fused-ring (bicyclic) bond motifs is 4. The normalized spacial score (nSPS) is 30.1. The van der Waals surface area contributed by atoms with Crippen molar-refractivity contribution < 1.29 is 45.6 Å². The Morgan fingerprint density at radius 1 is 1.30 bits per heavy atom. The molecule has 0 amide bonds. The number of hydrogen-bond donors (Lipinski definition) is 0. The fourth-order valence-corrected chi connectivity index (χ4v) is 7.81. The molecule has 1 spiro atoms. The summed E-state index contributed by atoms with van der Waals surface area (Å²) in [5, 5.41) is -6.26. The van der Waals surface area contributed by atoms with E-state index in [1.165, 1.54) is 11.8 Å². The van der Waals surface area contributed by atoms with Gasteiger partial charge >= 0.3 is 17.2 Å². The molecule has 0 aliphatic carbocycles. The van der Waals surface area contributed by atoms with Crippen molar-refractivity contribution in [2.24, 2.45) is 0 Å². The number of thioether (sulfide) groups is 1. The van der Waals surface area contributed by atoms with Crippen LogP contribution in [0, 0.1) is 10.7 Å². The van der Waals surface area contributed by atoms with Crippen LogP contribution in [0.1, 0.15) is 23.2 Å². The van der Waals surface area contributed by atoms with Gasteiger partial charge in [-0.1, -0.05) is 0 Å². The van der Waals surface area contributed by atoms with Crippen LogP contribution in [0.15, 0.2) is 6.07 Å². The highest BCUT2D eigenvalue weighted by Crippen LogP contribution is 2.57. The Morgan fingerprint density at radius 2 is 1.97 bits per heavy atom. The third kappa shape index (κ3) is 3.61. The first-order valence-corrected chi connectivity index (χ1v) is 13.6. The maximum absolute atomic E-state index is 13.4. The van der Waals surface area contributed by atoms with Gasteiger partial charge in [0.1, 0.15) is 17.4 Å². The maximum Gasteiger partial charge on any atom is 0.428 e. The van der Waals surface area contributed by atoms with Gasteiger partial charge in [0.05, 0.1) is 5.25 Å². The standard InChI is InChI=1S/C15H9F2I3O8S2/c16-15(17,30(23,24)25)13(22)26-5-2-8-14(3-7(5)29-8)27-6-1-4(18)10(19)11(20)9(6)12(21)28-14/h1,5,7-8H,2-3H2,(H,23,24,25)/p-1. The summed E-state index contributed by atoms with van der Waals surface area (Å²) in [6, 6.07) is 1.72. The van der Waals surface area contributed by atoms with E-state index in [0.29, 0.717) is 14.9 Å². The number of hydrogen-bond acceptors (Lipinski definition) is 9. The van der Waals surface area contributed by atoms with Gasteiger partial charge in [0, 0.05) is 28.8 Å². The van der Waals surface area contributed by atoms with Gasteiger partial charge in [-0.15, -0.1) is 11.8 Å². The van der Waals surface area contributed by atoms with Gasteiger partial charge in [0.2, 0.25) is 0 Å². The predicted octanol–water partition coefficient (Wildman–Crippen LogP) is 3.07. The molecule has 15 heteroatoms. The molecule has 2 bridgehead atoms. The van der Waals surface area contributed by atoms with Gasteiger partial charge in [-0.25, -0.2) is 18.0 Å². The van der Waals surface area contributed by atoms with Crippen LogP contribution in [-0.4, -0.2) is 52.6 Å². The maximum atomic E-state index is 13.4. The Bertz CT molecular complexity index is 1080. The molecular formula is C15H8F2I3O8S2-. The molecule has 164 valence electrons. The summed E-state index contributed by atoms with van der Waals surface area (Å²) in [4.78, 5) is 24.3. The molecule has 2 fully saturated rings. The predicted molar refractivity (Wildman–Crippen MR) is 122 cm³/mol. The zero-order valence-electron chi connectivity index (χ0n) is 14.2. The lowest BCUT2D eigenvalue weighted by atomic mass is 9.90. The van der Waals surface area contributed by atoms with Crippen molar-refractivity contribution in [3.8, 4) is 5.75 Å². The minimum Gasteiger partial charge on any atom is -0.743 e. The summed E-state index contributed by atoms with van der Waals surface area (Å²) < 4.78 is 77.4. The second-order valence-electron chi connectivity index (χ2n) is 6.68. The SMILES string of the molecule is O=C1OC2(CC3SC2CC3OC(=O)C(F)(F)S(=O)(=O)[O-])Oc2cc(I)c(I)c(I)c21. The molecule has 3 aliphatic rings. The van der Waals surface area contributed by atoms with E-state index in [0.717, 1.165) is 7.14 Å². The molecule has 4 atom stereocenters. The largest absolute Gasteiger partial charge is 0.743 e. The molecule has 1 aromatic carbocycles. The van der Waals surface area contributed by atoms with E-state index in [9.17, 15) is 31.3 Å². The minimum absolute atomic E-state index is 0.00275. The Hall–Kier alpha value is 0.270. The van der Waals surface area contributed by atoms with Crippen molar-refractivity contribution in [1.82, 2.24) is 0 Å². The summed E-state index contributed by atoms with van der Waals surface area (Å²) in [6.07, 6.45) is -1.01. The third-order valence-corrected chi connectivity index (χ3v) is 12.5. The van der Waals surface area contributed by atoms with Crippen LogP contribution in [0.5, 0.6) is 5.75 Å². The van der Waals surface area contributed by atoms with Gasteiger partial charge in [-0.05, 0) is 73.8 Å². The molecule has 2 saturated heterocycles. The lowest BCUT2D eigenvalue weighted by Crippen LogP contribution is -2.54. The quantitative estimate of drug-likeness (QED) is 0.197. The van der Waals surface area contributed by atoms with E-state index in [4.69, 9.17) is 9.47 Å². The molecular weight excluding hydrogens is 791 g/mol. The molecule has 0 radical (unpaired) electrons. The summed E-state index contributed by atoms with van der Waals surface area (Å²) in [6.45, 7) is 0. The zero-order chi connectivity index (χ0) is 22.2. The molecule has 30 heavy (non-hydrogen) atoms. The van der Waals surface area contributed by atoms with E-state index < -0.39 is 49.7 Å². The van der Waals surface area contributed by atoms with Crippen LogP contribution in [0.2, 0.25) is 0 Å². The van der Waals surface area contributed by atoms with Crippen molar-refractivity contribution in [2.75, 3.05) is 0 Å². The molecule has 0 aromatic heterocycles. The molecule has 1 aromatic rings. The zero-order valence-corrected chi connectivity index (χ0v) is 22.3. The average Bonchev–Trinajstić information content (AvgIpc) is 3.15. The van der Waals surface area contributed by atoms with Crippen molar-refractivity contribution in [1.29, 1.82) is 0 Å². The molecule has 3 aliphatic heterocycles. The fourth-order valence-electron chi connectivity index (χ4n) is 3.50. The highest BCUT2D eigenvalue weighted by Gasteiger charge is 2.64. The van der Waals surface area contributed by atoms with E-state index in [1.807, 2.05) is 22.6 Å². The molecule has 3 heterocycles. The number of benzene rings is 1. The second kappa shape index (κ2) is 7.66. The molecule has 4 rings (SSSR count). The number of alkyl halides is 2. The Kier molecular flexibility index (Phi) is 5.98. The first kappa shape index (κ1) is 23.4. The van der Waals surface area contributed by atoms with Crippen molar-refractivity contribution in [3.63, 3.8) is 0 Å². The van der Waals surface area contributed by atoms with Crippen LogP contribution in [0.4, 0.5) is 8.78 Å². The van der Waals surface area contributed by atoms with E-state index in [-0.39, 0.29) is 12.8 Å². The summed E-state index contributed by atoms with van der Waals surface area (Å²) in [7, 11) is -6.20. The summed E-state index contributed by atoms with van der Waals surface area (Å²) in [5.74, 6) is -3.96. The Labute approximate surface area is 213 Å². The van der Waals surface area contributed by atoms with Crippen LogP contribution >= 0.6 is 79.5 Å². The highest BCUT2D eigenvalue weighted by molar-refractivity contribution is 14.1. The van der Waals surface area contributed by atoms with Crippen molar-refractivity contribution in [2.45, 2.75) is 40.5 Å². The third-order valence-electron chi connectivity index (χ3n) is 4.86. The van der Waals surface area contributed by atoms with Crippen molar-refractivity contribution >= 4 is 102 Å². The molecule has 4 unspecified atom stereocenters. The second-order valence-corrected chi connectivity index (χ2v) is 12.9. The van der Waals surface area contributed by atoms with Crippen molar-refractivity contribution in [3.05, 3.63) is 22.3 Å². The number of halogens is 5. The lowest BCUT2D eigenvalue weighted by molar-refractivity contribution is -0.185. The van der Waals surface area contributed by atoms with Gasteiger partial charge in [-0.2, -0.15) is 8.78 Å². The smallest absolute Gasteiger partial charge is 0.428 e. The van der Waals surface area contributed by atoms with E-state index in [1.54, 1.807) is 6.07 Å². The first-order chi connectivity index (χ1) is 13.8. The van der Waals surface area contributed by atoms with E-state index >= 15 is 0 Å². The average molecular weight is 799 g/mol.